The molecular formula is C50H61FN4O7. The molecule has 7 rings (SSSR count). The molecule has 4 aliphatic rings. The molecule has 330 valence electrons. The molecule has 12 heteroatoms. The maximum atomic E-state index is 15.0. The minimum Gasteiger partial charge on any atom is -0.490 e. The van der Waals surface area contributed by atoms with Crippen molar-refractivity contribution in [1.82, 2.24) is 10.2 Å². The van der Waals surface area contributed by atoms with Gasteiger partial charge in [0.1, 0.15) is 35.3 Å². The van der Waals surface area contributed by atoms with E-state index >= 15 is 4.39 Å². The summed E-state index contributed by atoms with van der Waals surface area (Å²) in [5.41, 5.74) is 3.62. The summed E-state index contributed by atoms with van der Waals surface area (Å²) in [6.45, 7) is 19.8. The largest absolute Gasteiger partial charge is 0.490 e. The highest BCUT2D eigenvalue weighted by Gasteiger charge is 2.63. The standard InChI is InChI=1S/C50H61FN4O7/c1-29(2)55(34-21-38(22-34)61-36-14-15-40(42(51)24-36)47(59)53-43-16-13-35(56)23-45(43)58)28-39-27-54(17-18-60-39)33-11-9-32(10-12-33)44(57)25-46-49(5,6)48(50(46,7)8)62-37-19-30(3)41(26-52)31(4)20-37/h9-12,14-15,19-20,24,29,34,38-39,43,46,48H,13,16-18,21-23,25,27-28H2,1-8H3,(H,53,59)/t34?,38?,39-,43-,46?,48?/m0/s1. The molecule has 4 fully saturated rings. The van der Waals surface area contributed by atoms with Crippen molar-refractivity contribution in [1.29, 1.82) is 5.26 Å². The number of benzene rings is 3. The van der Waals surface area contributed by atoms with Gasteiger partial charge in [0.25, 0.3) is 5.91 Å². The van der Waals surface area contributed by atoms with Crippen molar-refractivity contribution in [3.8, 4) is 17.6 Å². The fourth-order valence-electron chi connectivity index (χ4n) is 10.7. The van der Waals surface area contributed by atoms with Gasteiger partial charge in [-0.15, -0.1) is 0 Å². The number of rotatable bonds is 14. The summed E-state index contributed by atoms with van der Waals surface area (Å²) < 4.78 is 34.0. The number of hydrogen-bond donors (Lipinski definition) is 1. The van der Waals surface area contributed by atoms with Gasteiger partial charge < -0.3 is 24.4 Å². The van der Waals surface area contributed by atoms with E-state index in [4.69, 9.17) is 14.2 Å². The number of anilines is 1. The molecule has 3 aromatic rings. The highest BCUT2D eigenvalue weighted by molar-refractivity contribution is 6.06. The number of ketones is 3. The van der Waals surface area contributed by atoms with Crippen LogP contribution in [-0.4, -0.2) is 90.8 Å². The van der Waals surface area contributed by atoms with Gasteiger partial charge in [-0.1, -0.05) is 27.7 Å². The number of hydrogen-bond acceptors (Lipinski definition) is 10. The maximum absolute atomic E-state index is 15.0. The normalized spacial score (nSPS) is 25.4. The summed E-state index contributed by atoms with van der Waals surface area (Å²) >= 11 is 0. The first-order chi connectivity index (χ1) is 29.3. The zero-order chi connectivity index (χ0) is 44.7. The second-order valence-corrected chi connectivity index (χ2v) is 19.4. The average Bonchev–Trinajstić information content (AvgIpc) is 3.20. The van der Waals surface area contributed by atoms with Crippen molar-refractivity contribution >= 4 is 28.9 Å². The first kappa shape index (κ1) is 44.9. The van der Waals surface area contributed by atoms with Crippen molar-refractivity contribution in [2.45, 2.75) is 130 Å². The number of carbonyl (C=O) groups is 4. The second kappa shape index (κ2) is 17.9. The number of aryl methyl sites for hydroxylation is 2. The van der Waals surface area contributed by atoms with E-state index in [1.165, 1.54) is 12.1 Å². The third-order valence-electron chi connectivity index (χ3n) is 14.0. The van der Waals surface area contributed by atoms with E-state index in [-0.39, 0.29) is 89.3 Å². The minimum absolute atomic E-state index is 0.0139. The van der Waals surface area contributed by atoms with Gasteiger partial charge in [0.15, 0.2) is 11.6 Å². The number of amides is 1. The van der Waals surface area contributed by atoms with E-state index in [0.29, 0.717) is 29.9 Å². The molecule has 0 radical (unpaired) electrons. The van der Waals surface area contributed by atoms with Crippen LogP contribution in [0.4, 0.5) is 10.1 Å². The predicted octanol–water partition coefficient (Wildman–Crippen LogP) is 7.96. The average molecular weight is 849 g/mol. The van der Waals surface area contributed by atoms with Gasteiger partial charge in [-0.3, -0.25) is 24.1 Å². The monoisotopic (exact) mass is 848 g/mol. The van der Waals surface area contributed by atoms with E-state index in [0.717, 1.165) is 55.0 Å². The number of halogens is 1. The SMILES string of the molecule is Cc1cc(OC2C(C)(C)C(CC(=O)c3ccc(N4CCO[C@H](CN(C(C)C)C5CC(Oc6ccc(C(=O)N[C@H]7CCC(=O)CC7=O)c(F)c6)C5)C4)cc3)C2(C)C)cc(C)c1C#N. The lowest BCUT2D eigenvalue weighted by molar-refractivity contribution is -0.196. The third-order valence-corrected chi connectivity index (χ3v) is 14.0. The lowest BCUT2D eigenvalue weighted by Crippen LogP contribution is -2.66. The molecular weight excluding hydrogens is 788 g/mol. The Labute approximate surface area is 365 Å². The van der Waals surface area contributed by atoms with Crippen LogP contribution in [0.3, 0.4) is 0 Å². The molecule has 1 N–H and O–H groups in total. The number of Topliss-reactive ketones (excluding diaryl/α,β-unsaturated/α-hetero) is 3. The molecule has 0 unspecified atom stereocenters. The van der Waals surface area contributed by atoms with E-state index < -0.39 is 17.8 Å². The van der Waals surface area contributed by atoms with Crippen LogP contribution in [0.25, 0.3) is 0 Å². The number of morpholine rings is 1. The zero-order valence-corrected chi connectivity index (χ0v) is 37.4. The molecule has 0 bridgehead atoms. The van der Waals surface area contributed by atoms with Crippen molar-refractivity contribution < 1.29 is 37.8 Å². The molecule has 62 heavy (non-hydrogen) atoms. The summed E-state index contributed by atoms with van der Waals surface area (Å²) in [5.74, 6) is -0.552. The Bertz CT molecular complexity index is 2200. The van der Waals surface area contributed by atoms with Crippen molar-refractivity contribution in [3.63, 3.8) is 0 Å². The quantitative estimate of drug-likeness (QED) is 0.126. The van der Waals surface area contributed by atoms with E-state index in [1.54, 1.807) is 6.07 Å². The molecule has 1 heterocycles. The van der Waals surface area contributed by atoms with E-state index in [1.807, 2.05) is 50.2 Å². The van der Waals surface area contributed by atoms with E-state index in [9.17, 15) is 24.4 Å². The van der Waals surface area contributed by atoms with Crippen molar-refractivity contribution in [2.75, 3.05) is 31.1 Å². The Hall–Kier alpha value is -5.12. The predicted molar refractivity (Wildman–Crippen MR) is 234 cm³/mol. The summed E-state index contributed by atoms with van der Waals surface area (Å²) in [4.78, 5) is 54.9. The first-order valence-corrected chi connectivity index (χ1v) is 22.1. The molecule has 0 aromatic heterocycles. The molecule has 11 nitrogen and oxygen atoms in total. The van der Waals surface area contributed by atoms with Gasteiger partial charge in [0.2, 0.25) is 0 Å². The summed E-state index contributed by atoms with van der Waals surface area (Å²) in [6, 6.07) is 18.1. The van der Waals surface area contributed by atoms with Crippen LogP contribution < -0.4 is 19.7 Å². The van der Waals surface area contributed by atoms with Gasteiger partial charge in [-0.05, 0) is 99.7 Å². The second-order valence-electron chi connectivity index (χ2n) is 19.4. The Balaban J connectivity index is 0.887. The number of nitriles is 1. The van der Waals surface area contributed by atoms with Crippen LogP contribution in [0.15, 0.2) is 54.6 Å². The summed E-state index contributed by atoms with van der Waals surface area (Å²) in [5, 5.41) is 12.1. The lowest BCUT2D eigenvalue weighted by atomic mass is 9.44. The smallest absolute Gasteiger partial charge is 0.254 e. The van der Waals surface area contributed by atoms with Crippen LogP contribution >= 0.6 is 0 Å². The highest BCUT2D eigenvalue weighted by atomic mass is 19.1. The van der Waals surface area contributed by atoms with Crippen molar-refractivity contribution in [3.05, 3.63) is 88.2 Å². The minimum atomic E-state index is -0.783. The Kier molecular flexibility index (Phi) is 13.0. The molecule has 1 saturated heterocycles. The molecule has 1 aliphatic heterocycles. The van der Waals surface area contributed by atoms with Crippen LogP contribution in [0.1, 0.15) is 117 Å². The molecule has 2 atom stereocenters. The fourth-order valence-corrected chi connectivity index (χ4v) is 10.7. The molecule has 1 amide bonds. The van der Waals surface area contributed by atoms with Crippen LogP contribution in [0.2, 0.25) is 0 Å². The number of carbonyl (C=O) groups excluding carboxylic acids is 4. The molecule has 3 aliphatic carbocycles. The van der Waals surface area contributed by atoms with Gasteiger partial charge >= 0.3 is 0 Å². The van der Waals surface area contributed by atoms with Crippen LogP contribution in [-0.2, 0) is 14.3 Å². The lowest BCUT2D eigenvalue weighted by Gasteiger charge is -2.63. The molecule has 0 spiro atoms. The van der Waals surface area contributed by atoms with Crippen LogP contribution in [0, 0.1) is 47.7 Å². The van der Waals surface area contributed by atoms with Gasteiger partial charge in [0, 0.05) is 85.5 Å². The van der Waals surface area contributed by atoms with Crippen molar-refractivity contribution in [2.24, 2.45) is 16.7 Å². The van der Waals surface area contributed by atoms with Gasteiger partial charge in [-0.2, -0.15) is 5.26 Å². The summed E-state index contributed by atoms with van der Waals surface area (Å²) in [6.07, 6.45) is 2.02. The summed E-state index contributed by atoms with van der Waals surface area (Å²) in [7, 11) is 0. The fraction of sp³-hybridized carbons (Fsp3) is 0.540. The van der Waals surface area contributed by atoms with E-state index in [2.05, 4.69) is 62.7 Å². The number of nitrogens with zero attached hydrogens (tertiary/aromatic N) is 3. The Morgan fingerprint density at radius 3 is 2.27 bits per heavy atom. The first-order valence-electron chi connectivity index (χ1n) is 22.1. The molecule has 3 saturated carbocycles. The zero-order valence-electron chi connectivity index (χ0n) is 37.4. The van der Waals surface area contributed by atoms with Crippen LogP contribution in [0.5, 0.6) is 11.5 Å². The Morgan fingerprint density at radius 2 is 1.66 bits per heavy atom. The van der Waals surface area contributed by atoms with Gasteiger partial charge in [0.05, 0.1) is 42.4 Å². The topological polar surface area (TPSA) is 138 Å². The number of nitrogens with one attached hydrogen (secondary N) is 1. The highest BCUT2D eigenvalue weighted by Crippen LogP contribution is 2.62. The maximum Gasteiger partial charge on any atom is 0.254 e. The molecule has 3 aromatic carbocycles. The number of ether oxygens (including phenoxy) is 3. The van der Waals surface area contributed by atoms with Gasteiger partial charge in [-0.25, -0.2) is 4.39 Å². The Morgan fingerprint density at radius 1 is 0.984 bits per heavy atom. The third kappa shape index (κ3) is 9.30.